The van der Waals surface area contributed by atoms with Crippen LogP contribution in [0.2, 0.25) is 5.02 Å². The summed E-state index contributed by atoms with van der Waals surface area (Å²) in [5.74, 6) is 0.214. The molecule has 11 heteroatoms. The molecule has 9 nitrogen and oxygen atoms in total. The number of imidazole rings is 1. The lowest BCUT2D eigenvalue weighted by molar-refractivity contribution is -0.0712. The lowest BCUT2D eigenvalue weighted by Crippen LogP contribution is -2.34. The van der Waals surface area contributed by atoms with Gasteiger partial charge in [-0.2, -0.15) is 0 Å². The number of hydrogen-bond donors (Lipinski definition) is 0. The van der Waals surface area contributed by atoms with Crippen LogP contribution in [-0.4, -0.2) is 59.3 Å². The third kappa shape index (κ3) is 9.74. The highest BCUT2D eigenvalue weighted by molar-refractivity contribution is 6.30. The number of carbonyl (C=O) groups excluding carboxylic acids is 1. The molecular weight excluding hydrogens is 659 g/mol. The quantitative estimate of drug-likeness (QED) is 0.167. The number of methoxy groups -OCH3 is 2. The number of carbonyl (C=O) groups is 1. The van der Waals surface area contributed by atoms with E-state index in [-0.39, 0.29) is 5.92 Å². The molecule has 0 amide bonds. The van der Waals surface area contributed by atoms with Crippen molar-refractivity contribution < 1.29 is 28.1 Å². The molecule has 2 aromatic carbocycles. The van der Waals surface area contributed by atoms with Gasteiger partial charge in [-0.05, 0) is 62.2 Å². The molecule has 0 aliphatic carbocycles. The van der Waals surface area contributed by atoms with Gasteiger partial charge >= 0.3 is 5.97 Å². The number of fused-ring (bicyclic) bond motifs is 2. The number of piperidine rings is 1. The number of esters is 1. The largest absolute Gasteiger partial charge is 0.465 e. The van der Waals surface area contributed by atoms with Crippen molar-refractivity contribution in [3.63, 3.8) is 0 Å². The Balaban J connectivity index is 0.00000101. The monoisotopic (exact) mass is 714 g/mol. The van der Waals surface area contributed by atoms with E-state index in [1.807, 2.05) is 67.5 Å². The van der Waals surface area contributed by atoms with E-state index in [9.17, 15) is 9.18 Å². The molecule has 0 spiro atoms. The summed E-state index contributed by atoms with van der Waals surface area (Å²) in [5.41, 5.74) is 3.11. The van der Waals surface area contributed by atoms with Crippen molar-refractivity contribution in [2.45, 2.75) is 99.9 Å². The molecule has 4 heterocycles. The summed E-state index contributed by atoms with van der Waals surface area (Å²) >= 11 is 5.97. The zero-order chi connectivity index (χ0) is 37.4. The molecule has 2 aromatic heterocycles. The smallest absolute Gasteiger partial charge is 0.339 e. The fourth-order valence-electron chi connectivity index (χ4n) is 5.87. The van der Waals surface area contributed by atoms with Crippen molar-refractivity contribution in [3.05, 3.63) is 82.0 Å². The van der Waals surface area contributed by atoms with Crippen molar-refractivity contribution >= 4 is 28.7 Å². The highest BCUT2D eigenvalue weighted by Gasteiger charge is 2.43. The molecule has 1 atom stereocenters. The van der Waals surface area contributed by atoms with Gasteiger partial charge < -0.3 is 23.5 Å². The molecule has 0 bridgehead atoms. The van der Waals surface area contributed by atoms with Gasteiger partial charge in [0.05, 0.1) is 36.9 Å². The maximum Gasteiger partial charge on any atom is 0.339 e. The number of halogens is 2. The number of para-hydroxylation sites is 1. The third-order valence-corrected chi connectivity index (χ3v) is 8.28. The van der Waals surface area contributed by atoms with E-state index in [0.29, 0.717) is 53.0 Å². The second-order valence-corrected chi connectivity index (χ2v) is 11.2. The van der Waals surface area contributed by atoms with Gasteiger partial charge in [-0.1, -0.05) is 79.1 Å². The first-order chi connectivity index (χ1) is 24.3. The molecule has 6 rings (SSSR count). The second-order valence-electron chi connectivity index (χ2n) is 10.7. The van der Waals surface area contributed by atoms with Crippen LogP contribution in [0.25, 0.3) is 11.2 Å². The Hall–Kier alpha value is -3.73. The van der Waals surface area contributed by atoms with Crippen LogP contribution >= 0.6 is 11.6 Å². The van der Waals surface area contributed by atoms with Crippen LogP contribution in [0.5, 0.6) is 11.5 Å². The average molecular weight is 715 g/mol. The van der Waals surface area contributed by atoms with E-state index in [4.69, 9.17) is 35.5 Å². The molecule has 4 aromatic rings. The molecule has 0 N–H and O–H groups in total. The molecule has 0 saturated carbocycles. The van der Waals surface area contributed by atoms with Crippen LogP contribution < -0.4 is 9.47 Å². The molecule has 2 aliphatic heterocycles. The summed E-state index contributed by atoms with van der Waals surface area (Å²) < 4.78 is 39.6. The summed E-state index contributed by atoms with van der Waals surface area (Å²) in [6.07, 6.45) is 3.32. The SMILES string of the molecule is CC.CC.CC.CC.COCCn1c(CN2CCC(c3cccc4c3OC(C)(c3ccc(Cl)cc3F)O4)CC2)nc2ncc(C(=O)OC)cc21. The fourth-order valence-corrected chi connectivity index (χ4v) is 6.03. The number of hydrogen-bond acceptors (Lipinski definition) is 8. The van der Waals surface area contributed by atoms with E-state index in [2.05, 4.69) is 20.5 Å². The van der Waals surface area contributed by atoms with Gasteiger partial charge in [-0.15, -0.1) is 0 Å². The van der Waals surface area contributed by atoms with E-state index >= 15 is 0 Å². The topological polar surface area (TPSA) is 87.9 Å². The average Bonchev–Trinajstić information content (AvgIpc) is 3.70. The molecule has 2 aliphatic rings. The Morgan fingerprint density at radius 1 is 1.00 bits per heavy atom. The Bertz CT molecular complexity index is 1640. The normalized spacial score (nSPS) is 16.4. The van der Waals surface area contributed by atoms with Gasteiger partial charge in [0.25, 0.3) is 5.79 Å². The first-order valence-electron chi connectivity index (χ1n) is 17.9. The molecule has 1 fully saturated rings. The number of rotatable bonds is 8. The van der Waals surface area contributed by atoms with Crippen LogP contribution in [0.15, 0.2) is 48.7 Å². The first kappa shape index (κ1) is 42.4. The highest BCUT2D eigenvalue weighted by Crippen LogP contribution is 2.49. The summed E-state index contributed by atoms with van der Waals surface area (Å²) in [7, 11) is 3.01. The van der Waals surface area contributed by atoms with E-state index in [1.54, 1.807) is 32.2 Å². The Kier molecular flexibility index (Phi) is 17.7. The highest BCUT2D eigenvalue weighted by atomic mass is 35.5. The maximum absolute atomic E-state index is 14.8. The van der Waals surface area contributed by atoms with Crippen molar-refractivity contribution in [2.24, 2.45) is 0 Å². The van der Waals surface area contributed by atoms with Crippen LogP contribution in [0.4, 0.5) is 4.39 Å². The zero-order valence-electron chi connectivity index (χ0n) is 31.7. The number of likely N-dealkylation sites (tertiary alicyclic amines) is 1. The van der Waals surface area contributed by atoms with Gasteiger partial charge in [-0.25, -0.2) is 19.2 Å². The molecule has 50 heavy (non-hydrogen) atoms. The maximum atomic E-state index is 14.8. The van der Waals surface area contributed by atoms with Crippen molar-refractivity contribution in [2.75, 3.05) is 33.9 Å². The lowest BCUT2D eigenvalue weighted by Gasteiger charge is -2.32. The van der Waals surface area contributed by atoms with Gasteiger partial charge in [0.15, 0.2) is 17.1 Å². The second kappa shape index (κ2) is 20.8. The van der Waals surface area contributed by atoms with Crippen LogP contribution in [0.1, 0.15) is 108 Å². The molecule has 0 radical (unpaired) electrons. The van der Waals surface area contributed by atoms with Gasteiger partial charge in [0.2, 0.25) is 0 Å². The Labute approximate surface area is 303 Å². The van der Waals surface area contributed by atoms with E-state index in [0.717, 1.165) is 42.8 Å². The first-order valence-corrected chi connectivity index (χ1v) is 18.3. The van der Waals surface area contributed by atoms with Crippen molar-refractivity contribution in [3.8, 4) is 11.5 Å². The molecule has 276 valence electrons. The van der Waals surface area contributed by atoms with E-state index < -0.39 is 17.6 Å². The van der Waals surface area contributed by atoms with Gasteiger partial charge in [0.1, 0.15) is 11.6 Å². The number of ether oxygens (including phenoxy) is 4. The Morgan fingerprint density at radius 2 is 1.68 bits per heavy atom. The summed E-state index contributed by atoms with van der Waals surface area (Å²) in [4.78, 5) is 23.7. The van der Waals surface area contributed by atoms with Crippen LogP contribution in [0.3, 0.4) is 0 Å². The summed E-state index contributed by atoms with van der Waals surface area (Å²) in [6, 6.07) is 12.2. The molecular formula is C39H56ClFN4O5. The predicted molar refractivity (Wildman–Crippen MR) is 200 cm³/mol. The summed E-state index contributed by atoms with van der Waals surface area (Å²) in [5, 5.41) is 0.319. The minimum atomic E-state index is -1.28. The minimum absolute atomic E-state index is 0.258. The number of aromatic nitrogens is 3. The Morgan fingerprint density at radius 3 is 2.30 bits per heavy atom. The lowest BCUT2D eigenvalue weighted by atomic mass is 9.88. The minimum Gasteiger partial charge on any atom is -0.465 e. The van der Waals surface area contributed by atoms with Crippen molar-refractivity contribution in [1.82, 2.24) is 19.4 Å². The molecule has 1 unspecified atom stereocenters. The molecule has 1 saturated heterocycles. The summed E-state index contributed by atoms with van der Waals surface area (Å²) in [6.45, 7) is 21.2. The van der Waals surface area contributed by atoms with Gasteiger partial charge in [0, 0.05) is 37.4 Å². The van der Waals surface area contributed by atoms with Crippen molar-refractivity contribution in [1.29, 1.82) is 0 Å². The third-order valence-electron chi connectivity index (χ3n) is 8.05. The van der Waals surface area contributed by atoms with Gasteiger partial charge in [-0.3, -0.25) is 4.90 Å². The number of benzene rings is 2. The zero-order valence-corrected chi connectivity index (χ0v) is 32.5. The fraction of sp³-hybridized carbons (Fsp3) is 0.513. The standard InChI is InChI=1S/C31H32ClFN4O5.4C2H6/c1-31(23-8-7-21(32)16-24(23)33)41-26-6-4-5-22(28(26)42-31)19-9-11-36(12-10-19)18-27-35-29-25(37(27)13-14-39-2)15-20(17-34-29)30(38)40-3;4*1-2/h4-8,15-17,19H,9-14,18H2,1-3H3;4*1-2H3. The van der Waals surface area contributed by atoms with Crippen LogP contribution in [-0.2, 0) is 28.4 Å². The predicted octanol–water partition coefficient (Wildman–Crippen LogP) is 9.79. The number of pyridine rings is 1. The number of nitrogens with zero attached hydrogens (tertiary/aromatic N) is 4. The van der Waals surface area contributed by atoms with E-state index in [1.165, 1.54) is 19.4 Å². The van der Waals surface area contributed by atoms with Crippen LogP contribution in [0, 0.1) is 5.82 Å².